The Morgan fingerprint density at radius 2 is 2.00 bits per heavy atom. The Kier molecular flexibility index (Phi) is 8.29. The van der Waals surface area contributed by atoms with E-state index in [-0.39, 0.29) is 12.5 Å². The van der Waals surface area contributed by atoms with E-state index < -0.39 is 5.97 Å². The van der Waals surface area contributed by atoms with E-state index in [9.17, 15) is 9.59 Å². The number of benzene rings is 2. The zero-order chi connectivity index (χ0) is 21.2. The van der Waals surface area contributed by atoms with E-state index in [0.717, 1.165) is 27.7 Å². The van der Waals surface area contributed by atoms with E-state index in [0.29, 0.717) is 18.7 Å². The predicted molar refractivity (Wildman–Crippen MR) is 118 cm³/mol. The van der Waals surface area contributed by atoms with Crippen LogP contribution in [0.5, 0.6) is 5.75 Å². The van der Waals surface area contributed by atoms with Gasteiger partial charge >= 0.3 is 5.97 Å². The summed E-state index contributed by atoms with van der Waals surface area (Å²) in [5.74, 6) is 0.633. The summed E-state index contributed by atoms with van der Waals surface area (Å²) in [5.41, 5.74) is 4.35. The first-order chi connectivity index (χ1) is 14.6. The molecule has 0 atom stereocenters. The lowest BCUT2D eigenvalue weighted by molar-refractivity contribution is -0.124. The molecule has 3 aromatic rings. The third-order valence-electron chi connectivity index (χ3n) is 3.98. The van der Waals surface area contributed by atoms with E-state index in [1.807, 2.05) is 54.2 Å². The Labute approximate surface area is 183 Å². The molecule has 8 heteroatoms. The molecule has 30 heavy (non-hydrogen) atoms. The number of nitrogens with zero attached hydrogens (tertiary/aromatic N) is 1. The minimum atomic E-state index is -0.530. The van der Waals surface area contributed by atoms with Gasteiger partial charge < -0.3 is 14.8 Å². The SMILES string of the molecule is Cc1cccc(OCCNC(=O)COC(=O)c2ccc(SCc3cscn3)cc2)c1. The topological polar surface area (TPSA) is 77.5 Å². The van der Waals surface area contributed by atoms with Gasteiger partial charge in [-0.25, -0.2) is 9.78 Å². The van der Waals surface area contributed by atoms with Gasteiger partial charge in [-0.15, -0.1) is 23.1 Å². The van der Waals surface area contributed by atoms with E-state index in [4.69, 9.17) is 9.47 Å². The summed E-state index contributed by atoms with van der Waals surface area (Å²) < 4.78 is 10.6. The highest BCUT2D eigenvalue weighted by atomic mass is 32.2. The maximum Gasteiger partial charge on any atom is 0.338 e. The second kappa shape index (κ2) is 11.4. The third-order valence-corrected chi connectivity index (χ3v) is 5.66. The number of esters is 1. The van der Waals surface area contributed by atoms with Gasteiger partial charge in [-0.1, -0.05) is 12.1 Å². The number of aryl methyl sites for hydroxylation is 1. The van der Waals surface area contributed by atoms with Crippen LogP contribution in [-0.4, -0.2) is 36.6 Å². The third kappa shape index (κ3) is 7.20. The standard InChI is InChI=1S/C22H22N2O4S2/c1-16-3-2-4-19(11-16)27-10-9-23-21(25)12-28-22(26)17-5-7-20(8-6-17)30-14-18-13-29-15-24-18/h2-8,11,13,15H,9-10,12,14H2,1H3,(H,23,25). The fraction of sp³-hybridized carbons (Fsp3) is 0.227. The van der Waals surface area contributed by atoms with E-state index in [2.05, 4.69) is 10.3 Å². The van der Waals surface area contributed by atoms with E-state index in [1.165, 1.54) is 0 Å². The second-order valence-electron chi connectivity index (χ2n) is 6.38. The van der Waals surface area contributed by atoms with Crippen LogP contribution in [0.4, 0.5) is 0 Å². The number of hydrogen-bond acceptors (Lipinski definition) is 7. The molecule has 0 aliphatic heterocycles. The molecule has 0 aliphatic rings. The molecule has 1 heterocycles. The van der Waals surface area contributed by atoms with Crippen LogP contribution in [0.1, 0.15) is 21.6 Å². The van der Waals surface area contributed by atoms with Gasteiger partial charge in [-0.3, -0.25) is 4.79 Å². The number of nitrogens with one attached hydrogen (secondary N) is 1. The highest BCUT2D eigenvalue weighted by molar-refractivity contribution is 7.98. The largest absolute Gasteiger partial charge is 0.492 e. The first-order valence-electron chi connectivity index (χ1n) is 9.33. The molecule has 0 unspecified atom stereocenters. The summed E-state index contributed by atoms with van der Waals surface area (Å²) in [6.07, 6.45) is 0. The lowest BCUT2D eigenvalue weighted by Crippen LogP contribution is -2.32. The number of carbonyl (C=O) groups excluding carboxylic acids is 2. The Morgan fingerprint density at radius 1 is 1.17 bits per heavy atom. The van der Waals surface area contributed by atoms with Crippen LogP contribution in [0.15, 0.2) is 64.3 Å². The monoisotopic (exact) mass is 442 g/mol. The summed E-state index contributed by atoms with van der Waals surface area (Å²) >= 11 is 3.21. The van der Waals surface area contributed by atoms with Crippen LogP contribution < -0.4 is 10.1 Å². The first-order valence-corrected chi connectivity index (χ1v) is 11.3. The van der Waals surface area contributed by atoms with Gasteiger partial charge in [-0.05, 0) is 48.9 Å². The molecule has 1 N–H and O–H groups in total. The number of rotatable bonds is 10. The molecular weight excluding hydrogens is 420 g/mol. The summed E-state index contributed by atoms with van der Waals surface area (Å²) in [5, 5.41) is 4.68. The Bertz CT molecular complexity index is 960. The van der Waals surface area contributed by atoms with Crippen molar-refractivity contribution >= 4 is 35.0 Å². The van der Waals surface area contributed by atoms with Crippen molar-refractivity contribution in [2.45, 2.75) is 17.6 Å². The number of ether oxygens (including phenoxy) is 2. The molecule has 0 fully saturated rings. The Hall–Kier alpha value is -2.84. The van der Waals surface area contributed by atoms with Crippen molar-refractivity contribution in [1.29, 1.82) is 0 Å². The maximum absolute atomic E-state index is 12.1. The maximum atomic E-state index is 12.1. The smallest absolute Gasteiger partial charge is 0.338 e. The molecule has 0 bridgehead atoms. The number of thioether (sulfide) groups is 1. The van der Waals surface area contributed by atoms with Crippen molar-refractivity contribution in [3.63, 3.8) is 0 Å². The number of carbonyl (C=O) groups is 2. The van der Waals surface area contributed by atoms with Crippen molar-refractivity contribution in [1.82, 2.24) is 10.3 Å². The zero-order valence-corrected chi connectivity index (χ0v) is 18.1. The molecule has 156 valence electrons. The fourth-order valence-electron chi connectivity index (χ4n) is 2.48. The van der Waals surface area contributed by atoms with Gasteiger partial charge in [-0.2, -0.15) is 0 Å². The van der Waals surface area contributed by atoms with Crippen LogP contribution in [0.2, 0.25) is 0 Å². The quantitative estimate of drug-likeness (QED) is 0.289. The summed E-state index contributed by atoms with van der Waals surface area (Å²) in [6.45, 7) is 2.32. The normalized spacial score (nSPS) is 10.4. The molecule has 0 radical (unpaired) electrons. The van der Waals surface area contributed by atoms with Crippen molar-refractivity contribution < 1.29 is 19.1 Å². The van der Waals surface area contributed by atoms with Crippen molar-refractivity contribution in [3.8, 4) is 5.75 Å². The molecule has 0 aliphatic carbocycles. The van der Waals surface area contributed by atoms with Crippen molar-refractivity contribution in [2.24, 2.45) is 0 Å². The summed E-state index contributed by atoms with van der Waals surface area (Å²) in [4.78, 5) is 29.2. The molecule has 1 aromatic heterocycles. The Balaban J connectivity index is 1.33. The number of amides is 1. The van der Waals surface area contributed by atoms with Crippen LogP contribution in [0.3, 0.4) is 0 Å². The number of thiazole rings is 1. The number of hydrogen-bond donors (Lipinski definition) is 1. The van der Waals surface area contributed by atoms with Crippen LogP contribution in [-0.2, 0) is 15.3 Å². The van der Waals surface area contributed by atoms with E-state index >= 15 is 0 Å². The summed E-state index contributed by atoms with van der Waals surface area (Å²) in [6, 6.07) is 14.8. The van der Waals surface area contributed by atoms with Crippen LogP contribution in [0, 0.1) is 6.92 Å². The van der Waals surface area contributed by atoms with Gasteiger partial charge in [0.15, 0.2) is 6.61 Å². The van der Waals surface area contributed by atoms with Crippen molar-refractivity contribution in [2.75, 3.05) is 19.8 Å². The van der Waals surface area contributed by atoms with Crippen molar-refractivity contribution in [3.05, 3.63) is 76.2 Å². The van der Waals surface area contributed by atoms with Gasteiger partial charge in [0.2, 0.25) is 0 Å². The minimum absolute atomic E-state index is 0.329. The zero-order valence-electron chi connectivity index (χ0n) is 16.5. The highest BCUT2D eigenvalue weighted by Crippen LogP contribution is 2.23. The van der Waals surface area contributed by atoms with Gasteiger partial charge in [0, 0.05) is 16.0 Å². The minimum Gasteiger partial charge on any atom is -0.492 e. The Morgan fingerprint density at radius 3 is 2.73 bits per heavy atom. The highest BCUT2D eigenvalue weighted by Gasteiger charge is 2.10. The predicted octanol–water partition coefficient (Wildman–Crippen LogP) is 4.10. The fourth-order valence-corrected chi connectivity index (χ4v) is 3.95. The first kappa shape index (κ1) is 21.9. The molecule has 3 rings (SSSR count). The second-order valence-corrected chi connectivity index (χ2v) is 8.15. The van der Waals surface area contributed by atoms with Crippen LogP contribution >= 0.6 is 23.1 Å². The molecule has 1 amide bonds. The molecule has 6 nitrogen and oxygen atoms in total. The van der Waals surface area contributed by atoms with Crippen LogP contribution in [0.25, 0.3) is 0 Å². The number of aromatic nitrogens is 1. The van der Waals surface area contributed by atoms with Gasteiger partial charge in [0.25, 0.3) is 5.91 Å². The lowest BCUT2D eigenvalue weighted by Gasteiger charge is -2.09. The van der Waals surface area contributed by atoms with Gasteiger partial charge in [0.05, 0.1) is 23.3 Å². The molecule has 0 saturated heterocycles. The molecular formula is C22H22N2O4S2. The average Bonchev–Trinajstić information content (AvgIpc) is 3.28. The summed E-state index contributed by atoms with van der Waals surface area (Å²) in [7, 11) is 0. The average molecular weight is 443 g/mol. The van der Waals surface area contributed by atoms with Gasteiger partial charge in [0.1, 0.15) is 12.4 Å². The molecule has 0 spiro atoms. The molecule has 0 saturated carbocycles. The lowest BCUT2D eigenvalue weighted by atomic mass is 10.2. The molecule has 2 aromatic carbocycles. The van der Waals surface area contributed by atoms with E-state index in [1.54, 1.807) is 35.2 Å².